The van der Waals surface area contributed by atoms with Crippen molar-refractivity contribution in [2.45, 2.75) is 18.9 Å². The quantitative estimate of drug-likeness (QED) is 0.790. The number of amides is 3. The predicted molar refractivity (Wildman–Crippen MR) is 67.8 cm³/mol. The van der Waals surface area contributed by atoms with Crippen LogP contribution >= 0.6 is 0 Å². The molecule has 1 aromatic carbocycles. The minimum Gasteiger partial charge on any atom is -0.481 e. The molecular weight excluding hydrogens is 262 g/mol. The molecule has 0 saturated carbocycles. The molecule has 0 spiro atoms. The van der Waals surface area contributed by atoms with Gasteiger partial charge in [0.15, 0.2) is 0 Å². The molecule has 0 radical (unpaired) electrons. The second-order valence-electron chi connectivity index (χ2n) is 4.27. The van der Waals surface area contributed by atoms with E-state index in [1.54, 1.807) is 0 Å². The number of carbonyl (C=O) groups excluding carboxylic acids is 2. The lowest BCUT2D eigenvalue weighted by Crippen LogP contribution is -2.31. The Bertz CT molecular complexity index is 603. The minimum absolute atomic E-state index is 0.0483. The third-order valence-electron chi connectivity index (χ3n) is 2.92. The first-order valence-corrected chi connectivity index (χ1v) is 5.89. The zero-order valence-corrected chi connectivity index (χ0v) is 10.4. The fourth-order valence-electron chi connectivity index (χ4n) is 1.92. The van der Waals surface area contributed by atoms with Gasteiger partial charge in [0, 0.05) is 6.42 Å². The summed E-state index contributed by atoms with van der Waals surface area (Å²) in [6.45, 7) is 0. The van der Waals surface area contributed by atoms with Crippen LogP contribution in [0.3, 0.4) is 0 Å². The highest BCUT2D eigenvalue weighted by Gasteiger charge is 2.38. The average molecular weight is 273 g/mol. The molecule has 20 heavy (non-hydrogen) atoms. The van der Waals surface area contributed by atoms with Gasteiger partial charge < -0.3 is 10.4 Å². The highest BCUT2D eigenvalue weighted by Crippen LogP contribution is 2.21. The van der Waals surface area contributed by atoms with E-state index >= 15 is 0 Å². The Labute approximate surface area is 114 Å². The van der Waals surface area contributed by atoms with Gasteiger partial charge in [0.05, 0.1) is 17.3 Å². The molecule has 2 rings (SSSR count). The van der Waals surface area contributed by atoms with Crippen molar-refractivity contribution in [2.24, 2.45) is 0 Å². The van der Waals surface area contributed by atoms with Crippen molar-refractivity contribution in [3.05, 3.63) is 29.8 Å². The number of hydrogen-bond donors (Lipinski definition) is 2. The summed E-state index contributed by atoms with van der Waals surface area (Å²) in [5.74, 6) is -1.51. The van der Waals surface area contributed by atoms with E-state index < -0.39 is 23.9 Å². The second kappa shape index (κ2) is 5.40. The molecule has 3 amide bonds. The lowest BCUT2D eigenvalue weighted by atomic mass is 10.1. The first kappa shape index (κ1) is 13.5. The van der Waals surface area contributed by atoms with Gasteiger partial charge in [0.1, 0.15) is 6.04 Å². The van der Waals surface area contributed by atoms with Gasteiger partial charge in [0.2, 0.25) is 0 Å². The van der Waals surface area contributed by atoms with Crippen molar-refractivity contribution in [3.63, 3.8) is 0 Å². The van der Waals surface area contributed by atoms with E-state index in [2.05, 4.69) is 5.32 Å². The van der Waals surface area contributed by atoms with Crippen LogP contribution in [0.4, 0.5) is 10.5 Å². The number of rotatable bonds is 4. The number of urea groups is 1. The molecule has 1 saturated heterocycles. The summed E-state index contributed by atoms with van der Waals surface area (Å²) in [6.07, 6.45) is -0.148. The summed E-state index contributed by atoms with van der Waals surface area (Å²) in [7, 11) is 0. The van der Waals surface area contributed by atoms with E-state index in [1.807, 2.05) is 6.07 Å². The average Bonchev–Trinajstić information content (AvgIpc) is 2.71. The molecule has 7 nitrogen and oxygen atoms in total. The van der Waals surface area contributed by atoms with Crippen LogP contribution in [-0.2, 0) is 9.59 Å². The van der Waals surface area contributed by atoms with Crippen molar-refractivity contribution >= 4 is 23.6 Å². The van der Waals surface area contributed by atoms with Crippen LogP contribution in [0.1, 0.15) is 18.4 Å². The first-order valence-electron chi connectivity index (χ1n) is 5.89. The second-order valence-corrected chi connectivity index (χ2v) is 4.27. The van der Waals surface area contributed by atoms with Crippen LogP contribution in [0, 0.1) is 11.3 Å². The minimum atomic E-state index is -1.02. The Morgan fingerprint density at radius 1 is 1.35 bits per heavy atom. The molecule has 1 aliphatic rings. The van der Waals surface area contributed by atoms with E-state index in [-0.39, 0.29) is 12.8 Å². The van der Waals surface area contributed by atoms with Crippen molar-refractivity contribution in [1.82, 2.24) is 5.32 Å². The van der Waals surface area contributed by atoms with Crippen molar-refractivity contribution in [3.8, 4) is 6.07 Å². The van der Waals surface area contributed by atoms with Gasteiger partial charge in [-0.15, -0.1) is 0 Å². The van der Waals surface area contributed by atoms with Gasteiger partial charge in [-0.25, -0.2) is 9.69 Å². The van der Waals surface area contributed by atoms with Crippen molar-refractivity contribution in [1.29, 1.82) is 5.26 Å². The molecule has 1 aliphatic heterocycles. The highest BCUT2D eigenvalue weighted by molar-refractivity contribution is 6.21. The molecule has 1 atom stereocenters. The van der Waals surface area contributed by atoms with Crippen molar-refractivity contribution in [2.75, 3.05) is 4.90 Å². The first-order chi connectivity index (χ1) is 9.52. The normalized spacial score (nSPS) is 17.8. The van der Waals surface area contributed by atoms with Gasteiger partial charge in [-0.2, -0.15) is 5.26 Å². The Morgan fingerprint density at radius 3 is 2.55 bits per heavy atom. The number of anilines is 1. The van der Waals surface area contributed by atoms with Gasteiger partial charge >= 0.3 is 12.0 Å². The van der Waals surface area contributed by atoms with E-state index in [1.165, 1.54) is 24.3 Å². The molecule has 1 heterocycles. The number of nitriles is 1. The van der Waals surface area contributed by atoms with Gasteiger partial charge in [-0.3, -0.25) is 9.59 Å². The van der Waals surface area contributed by atoms with Gasteiger partial charge in [0.25, 0.3) is 5.91 Å². The monoisotopic (exact) mass is 273 g/mol. The fourth-order valence-corrected chi connectivity index (χ4v) is 1.92. The maximum Gasteiger partial charge on any atom is 0.329 e. The number of nitrogens with one attached hydrogen (secondary N) is 1. The van der Waals surface area contributed by atoms with Gasteiger partial charge in [-0.1, -0.05) is 0 Å². The van der Waals surface area contributed by atoms with E-state index in [0.717, 1.165) is 4.90 Å². The molecule has 0 unspecified atom stereocenters. The third-order valence-corrected chi connectivity index (χ3v) is 2.92. The van der Waals surface area contributed by atoms with Crippen LogP contribution in [0.25, 0.3) is 0 Å². The summed E-state index contributed by atoms with van der Waals surface area (Å²) in [6, 6.07) is 6.52. The molecule has 102 valence electrons. The van der Waals surface area contributed by atoms with Crippen LogP contribution in [0.15, 0.2) is 24.3 Å². The fraction of sp³-hybridized carbons (Fsp3) is 0.231. The number of carbonyl (C=O) groups is 3. The summed E-state index contributed by atoms with van der Waals surface area (Å²) < 4.78 is 0. The number of benzene rings is 1. The lowest BCUT2D eigenvalue weighted by Gasteiger charge is -2.12. The maximum atomic E-state index is 12.1. The zero-order valence-electron chi connectivity index (χ0n) is 10.4. The Kier molecular flexibility index (Phi) is 3.66. The Morgan fingerprint density at radius 2 is 2.00 bits per heavy atom. The Hall–Kier alpha value is -2.88. The number of hydrogen-bond acceptors (Lipinski definition) is 4. The predicted octanol–water partition coefficient (Wildman–Crippen LogP) is 0.848. The zero-order chi connectivity index (χ0) is 14.7. The molecule has 0 aliphatic carbocycles. The number of carboxylic acid groups (broad SMARTS) is 1. The number of aliphatic carboxylic acids is 1. The van der Waals surface area contributed by atoms with Gasteiger partial charge in [-0.05, 0) is 30.7 Å². The van der Waals surface area contributed by atoms with Crippen LogP contribution < -0.4 is 10.2 Å². The van der Waals surface area contributed by atoms with E-state index in [4.69, 9.17) is 10.4 Å². The number of nitrogens with zero attached hydrogens (tertiary/aromatic N) is 2. The smallest absolute Gasteiger partial charge is 0.329 e. The van der Waals surface area contributed by atoms with E-state index in [0.29, 0.717) is 11.3 Å². The topological polar surface area (TPSA) is 110 Å². The molecular formula is C13H11N3O4. The molecule has 0 bridgehead atoms. The van der Waals surface area contributed by atoms with Crippen LogP contribution in [0.5, 0.6) is 0 Å². The molecule has 0 aromatic heterocycles. The molecule has 1 fully saturated rings. The highest BCUT2D eigenvalue weighted by atomic mass is 16.4. The van der Waals surface area contributed by atoms with E-state index in [9.17, 15) is 14.4 Å². The van der Waals surface area contributed by atoms with Crippen LogP contribution in [-0.4, -0.2) is 29.1 Å². The summed E-state index contributed by atoms with van der Waals surface area (Å²) in [5, 5.41) is 19.7. The largest absolute Gasteiger partial charge is 0.481 e. The number of imide groups is 1. The standard InChI is InChI=1S/C13H11N3O4/c14-7-8-1-3-9(4-2-8)16-12(19)10(15-13(16)20)5-6-11(17)18/h1-4,10H,5-6H2,(H,15,20)(H,17,18)/t10-/m1/s1. The maximum absolute atomic E-state index is 12.1. The summed E-state index contributed by atoms with van der Waals surface area (Å²) in [5.41, 5.74) is 0.771. The SMILES string of the molecule is N#Cc1ccc(N2C(=O)N[C@H](CCC(=O)O)C2=O)cc1. The molecule has 2 N–H and O–H groups in total. The Balaban J connectivity index is 2.16. The van der Waals surface area contributed by atoms with Crippen LogP contribution in [0.2, 0.25) is 0 Å². The summed E-state index contributed by atoms with van der Waals surface area (Å²) in [4.78, 5) is 35.3. The summed E-state index contributed by atoms with van der Waals surface area (Å²) >= 11 is 0. The number of carboxylic acids is 1. The third kappa shape index (κ3) is 2.59. The molecule has 7 heteroatoms. The van der Waals surface area contributed by atoms with Crippen molar-refractivity contribution < 1.29 is 19.5 Å². The molecule has 1 aromatic rings. The lowest BCUT2D eigenvalue weighted by molar-refractivity contribution is -0.137.